The molecule has 3 rings (SSSR count). The summed E-state index contributed by atoms with van der Waals surface area (Å²) < 4.78 is 19.5. The van der Waals surface area contributed by atoms with Crippen LogP contribution in [0.25, 0.3) is 0 Å². The molecular weight excluding hydrogens is 341 g/mol. The number of carbonyl (C=O) groups excluding carboxylic acids is 1. The molecule has 1 aromatic carbocycles. The molecule has 0 aromatic heterocycles. The highest BCUT2D eigenvalue weighted by Gasteiger charge is 2.39. The van der Waals surface area contributed by atoms with Crippen molar-refractivity contribution in [3.8, 4) is 0 Å². The van der Waals surface area contributed by atoms with Crippen LogP contribution in [0.2, 0.25) is 0 Å². The Balaban J connectivity index is 1.75. The van der Waals surface area contributed by atoms with Crippen LogP contribution < -0.4 is 0 Å². The summed E-state index contributed by atoms with van der Waals surface area (Å²) >= 11 is 0. The highest BCUT2D eigenvalue weighted by atomic mass is 19.1. The fourth-order valence-electron chi connectivity index (χ4n) is 4.95. The van der Waals surface area contributed by atoms with E-state index in [0.717, 1.165) is 31.4 Å². The lowest BCUT2D eigenvalue weighted by atomic mass is 9.75. The van der Waals surface area contributed by atoms with E-state index in [2.05, 4.69) is 32.7 Å². The minimum absolute atomic E-state index is 0.0300. The summed E-state index contributed by atoms with van der Waals surface area (Å²) in [6.45, 7) is 8.37. The van der Waals surface area contributed by atoms with Gasteiger partial charge in [-0.2, -0.15) is 0 Å². The smallest absolute Gasteiger partial charge is 0.311 e. The number of hydrogen-bond acceptors (Lipinski definition) is 3. The Hall–Kier alpha value is -1.42. The van der Waals surface area contributed by atoms with Crippen LogP contribution in [0.5, 0.6) is 0 Å². The van der Waals surface area contributed by atoms with E-state index in [-0.39, 0.29) is 29.7 Å². The zero-order valence-electron chi connectivity index (χ0n) is 17.2. The minimum atomic E-state index is -0.234. The third-order valence-electron chi connectivity index (χ3n) is 6.65. The number of piperidine rings is 1. The molecule has 1 aliphatic heterocycles. The Labute approximate surface area is 163 Å². The molecule has 0 amide bonds. The molecule has 27 heavy (non-hydrogen) atoms. The molecule has 3 nitrogen and oxygen atoms in total. The SMILES string of the molecule is CC(C)[C@@H]1CC[C@@H](C)CC1OC(=O)C1CN(C)CCC1c1ccc(F)cc1. The number of hydrogen-bond donors (Lipinski definition) is 0. The second-order valence-corrected chi connectivity index (χ2v) is 9.12. The molecule has 5 atom stereocenters. The lowest BCUT2D eigenvalue weighted by Crippen LogP contribution is -2.44. The molecule has 2 fully saturated rings. The molecule has 1 aliphatic carbocycles. The normalized spacial score (nSPS) is 32.4. The van der Waals surface area contributed by atoms with Crippen LogP contribution in [0, 0.1) is 29.5 Å². The van der Waals surface area contributed by atoms with E-state index in [1.807, 2.05) is 12.1 Å². The zero-order valence-corrected chi connectivity index (χ0v) is 17.2. The molecular formula is C23H34FNO2. The second-order valence-electron chi connectivity index (χ2n) is 9.12. The van der Waals surface area contributed by atoms with Gasteiger partial charge < -0.3 is 9.64 Å². The van der Waals surface area contributed by atoms with Crippen molar-refractivity contribution in [1.29, 1.82) is 0 Å². The van der Waals surface area contributed by atoms with Crippen LogP contribution in [-0.4, -0.2) is 37.1 Å². The first kappa shape index (κ1) is 20.3. The molecule has 1 saturated carbocycles. The molecule has 0 bridgehead atoms. The summed E-state index contributed by atoms with van der Waals surface area (Å²) in [4.78, 5) is 15.4. The predicted octanol–water partition coefficient (Wildman–Crippen LogP) is 4.87. The Morgan fingerprint density at radius 1 is 1.19 bits per heavy atom. The molecule has 1 heterocycles. The summed E-state index contributed by atoms with van der Waals surface area (Å²) in [5, 5.41) is 0. The first-order chi connectivity index (χ1) is 12.8. The van der Waals surface area contributed by atoms with Crippen molar-refractivity contribution in [2.24, 2.45) is 23.7 Å². The van der Waals surface area contributed by atoms with Crippen LogP contribution in [0.1, 0.15) is 57.9 Å². The van der Waals surface area contributed by atoms with Gasteiger partial charge in [-0.25, -0.2) is 4.39 Å². The largest absolute Gasteiger partial charge is 0.462 e. The summed E-state index contributed by atoms with van der Waals surface area (Å²) in [5.74, 6) is 1.21. The first-order valence-corrected chi connectivity index (χ1v) is 10.5. The van der Waals surface area contributed by atoms with Crippen LogP contribution >= 0.6 is 0 Å². The summed E-state index contributed by atoms with van der Waals surface area (Å²) in [6.07, 6.45) is 4.27. The summed E-state index contributed by atoms with van der Waals surface area (Å²) in [6, 6.07) is 6.64. The van der Waals surface area contributed by atoms with Gasteiger partial charge in [-0.3, -0.25) is 4.79 Å². The number of nitrogens with zero attached hydrogens (tertiary/aromatic N) is 1. The predicted molar refractivity (Wildman–Crippen MR) is 106 cm³/mol. The second kappa shape index (κ2) is 8.72. The number of carbonyl (C=O) groups is 1. The molecule has 3 unspecified atom stereocenters. The number of likely N-dealkylation sites (tertiary alicyclic amines) is 1. The van der Waals surface area contributed by atoms with Gasteiger partial charge in [0.05, 0.1) is 5.92 Å². The van der Waals surface area contributed by atoms with Gasteiger partial charge >= 0.3 is 5.97 Å². The van der Waals surface area contributed by atoms with Crippen molar-refractivity contribution in [3.63, 3.8) is 0 Å². The maximum atomic E-state index is 13.3. The van der Waals surface area contributed by atoms with Crippen molar-refractivity contribution in [2.75, 3.05) is 20.1 Å². The highest BCUT2D eigenvalue weighted by molar-refractivity contribution is 5.74. The number of esters is 1. The van der Waals surface area contributed by atoms with Crippen LogP contribution in [0.3, 0.4) is 0 Å². The quantitative estimate of drug-likeness (QED) is 0.704. The van der Waals surface area contributed by atoms with Crippen LogP contribution in [-0.2, 0) is 9.53 Å². The third kappa shape index (κ3) is 4.90. The molecule has 1 aromatic rings. The van der Waals surface area contributed by atoms with Gasteiger partial charge in [0.15, 0.2) is 0 Å². The van der Waals surface area contributed by atoms with Crippen molar-refractivity contribution in [2.45, 2.75) is 58.5 Å². The van der Waals surface area contributed by atoms with Crippen LogP contribution in [0.4, 0.5) is 4.39 Å². The van der Waals surface area contributed by atoms with E-state index < -0.39 is 0 Å². The van der Waals surface area contributed by atoms with Gasteiger partial charge in [-0.05, 0) is 74.2 Å². The van der Waals surface area contributed by atoms with E-state index in [4.69, 9.17) is 4.74 Å². The zero-order chi connectivity index (χ0) is 19.6. The molecule has 4 heteroatoms. The molecule has 0 spiro atoms. The van der Waals surface area contributed by atoms with Crippen molar-refractivity contribution < 1.29 is 13.9 Å². The van der Waals surface area contributed by atoms with Crippen molar-refractivity contribution >= 4 is 5.97 Å². The van der Waals surface area contributed by atoms with Gasteiger partial charge in [0.1, 0.15) is 11.9 Å². The maximum absolute atomic E-state index is 13.3. The van der Waals surface area contributed by atoms with Gasteiger partial charge in [-0.15, -0.1) is 0 Å². The van der Waals surface area contributed by atoms with Gasteiger partial charge in [-0.1, -0.05) is 39.3 Å². The first-order valence-electron chi connectivity index (χ1n) is 10.5. The number of benzene rings is 1. The van der Waals surface area contributed by atoms with E-state index in [0.29, 0.717) is 24.3 Å². The number of rotatable bonds is 4. The average molecular weight is 376 g/mol. The Morgan fingerprint density at radius 2 is 1.89 bits per heavy atom. The highest BCUT2D eigenvalue weighted by Crippen LogP contribution is 2.38. The maximum Gasteiger partial charge on any atom is 0.311 e. The summed E-state index contributed by atoms with van der Waals surface area (Å²) in [5.41, 5.74) is 1.05. The van der Waals surface area contributed by atoms with Gasteiger partial charge in [0.2, 0.25) is 0 Å². The number of halogens is 1. The molecule has 0 N–H and O–H groups in total. The van der Waals surface area contributed by atoms with Gasteiger partial charge in [0, 0.05) is 6.54 Å². The standard InChI is InChI=1S/C23H34FNO2/c1-15(2)19-10-5-16(3)13-22(19)27-23(26)21-14-25(4)12-11-20(21)17-6-8-18(24)9-7-17/h6-9,15-16,19-22H,5,10-14H2,1-4H3/t16-,19+,20?,21?,22?/m1/s1. The average Bonchev–Trinajstić information content (AvgIpc) is 2.62. The molecule has 2 aliphatic rings. The summed E-state index contributed by atoms with van der Waals surface area (Å²) in [7, 11) is 2.06. The lowest BCUT2D eigenvalue weighted by molar-refractivity contribution is -0.163. The monoisotopic (exact) mass is 375 g/mol. The van der Waals surface area contributed by atoms with E-state index >= 15 is 0 Å². The fraction of sp³-hybridized carbons (Fsp3) is 0.696. The third-order valence-corrected chi connectivity index (χ3v) is 6.65. The van der Waals surface area contributed by atoms with Gasteiger partial charge in [0.25, 0.3) is 0 Å². The minimum Gasteiger partial charge on any atom is -0.462 e. The molecule has 1 saturated heterocycles. The molecule has 150 valence electrons. The van der Waals surface area contributed by atoms with E-state index in [1.54, 1.807) is 0 Å². The Kier molecular flexibility index (Phi) is 6.56. The Bertz CT molecular complexity index is 630. The Morgan fingerprint density at radius 3 is 2.56 bits per heavy atom. The van der Waals surface area contributed by atoms with Crippen molar-refractivity contribution in [1.82, 2.24) is 4.90 Å². The van der Waals surface area contributed by atoms with Crippen LogP contribution in [0.15, 0.2) is 24.3 Å². The lowest BCUT2D eigenvalue weighted by Gasteiger charge is -2.40. The number of ether oxygens (including phenoxy) is 1. The topological polar surface area (TPSA) is 29.5 Å². The fourth-order valence-corrected chi connectivity index (χ4v) is 4.95. The molecule has 0 radical (unpaired) electrons. The van der Waals surface area contributed by atoms with E-state index in [1.165, 1.54) is 18.6 Å². The van der Waals surface area contributed by atoms with Crippen molar-refractivity contribution in [3.05, 3.63) is 35.6 Å². The van der Waals surface area contributed by atoms with E-state index in [9.17, 15) is 9.18 Å².